The van der Waals surface area contributed by atoms with Crippen molar-refractivity contribution in [2.75, 3.05) is 5.32 Å². The van der Waals surface area contributed by atoms with Gasteiger partial charge in [0.1, 0.15) is 5.75 Å². The van der Waals surface area contributed by atoms with Crippen molar-refractivity contribution in [2.24, 2.45) is 5.10 Å². The molecule has 2 amide bonds. The Morgan fingerprint density at radius 1 is 1.17 bits per heavy atom. The SMILES string of the molecule is CC(C)Oc1ccc(/C=N\NC(=O)Nc2ccc(Cl)cc2)cc1Cl. The maximum Gasteiger partial charge on any atom is 0.339 e. The molecule has 0 saturated heterocycles. The predicted octanol–water partition coefficient (Wildman–Crippen LogP) is 4.94. The average molecular weight is 366 g/mol. The topological polar surface area (TPSA) is 62.7 Å². The van der Waals surface area contributed by atoms with Crippen LogP contribution in [0.3, 0.4) is 0 Å². The van der Waals surface area contributed by atoms with E-state index >= 15 is 0 Å². The summed E-state index contributed by atoms with van der Waals surface area (Å²) in [7, 11) is 0. The van der Waals surface area contributed by atoms with Gasteiger partial charge in [-0.05, 0) is 61.9 Å². The van der Waals surface area contributed by atoms with Gasteiger partial charge in [0.15, 0.2) is 0 Å². The number of ether oxygens (including phenoxy) is 1. The third-order valence-electron chi connectivity index (χ3n) is 2.80. The lowest BCUT2D eigenvalue weighted by atomic mass is 10.2. The molecule has 2 aromatic rings. The van der Waals surface area contributed by atoms with E-state index in [2.05, 4.69) is 15.8 Å². The van der Waals surface area contributed by atoms with E-state index in [1.807, 2.05) is 13.8 Å². The monoisotopic (exact) mass is 365 g/mol. The molecule has 0 aliphatic rings. The van der Waals surface area contributed by atoms with Crippen molar-refractivity contribution in [3.8, 4) is 5.75 Å². The molecule has 126 valence electrons. The van der Waals surface area contributed by atoms with E-state index in [1.54, 1.807) is 42.5 Å². The Balaban J connectivity index is 1.90. The molecule has 0 heterocycles. The third kappa shape index (κ3) is 5.76. The highest BCUT2D eigenvalue weighted by molar-refractivity contribution is 6.32. The Hall–Kier alpha value is -2.24. The minimum Gasteiger partial charge on any atom is -0.489 e. The number of nitrogens with zero attached hydrogens (tertiary/aromatic N) is 1. The third-order valence-corrected chi connectivity index (χ3v) is 3.35. The van der Waals surface area contributed by atoms with E-state index < -0.39 is 6.03 Å². The summed E-state index contributed by atoms with van der Waals surface area (Å²) in [6.07, 6.45) is 1.53. The number of hydrazone groups is 1. The van der Waals surface area contributed by atoms with Gasteiger partial charge in [-0.1, -0.05) is 23.2 Å². The number of urea groups is 1. The molecule has 0 bridgehead atoms. The zero-order valence-corrected chi connectivity index (χ0v) is 14.7. The molecule has 0 radical (unpaired) electrons. The van der Waals surface area contributed by atoms with Crippen LogP contribution in [0.5, 0.6) is 5.75 Å². The van der Waals surface area contributed by atoms with Gasteiger partial charge in [-0.15, -0.1) is 0 Å². The summed E-state index contributed by atoms with van der Waals surface area (Å²) in [5.41, 5.74) is 3.73. The number of hydrogen-bond acceptors (Lipinski definition) is 3. The molecule has 0 fully saturated rings. The molecule has 5 nitrogen and oxygen atoms in total. The maximum absolute atomic E-state index is 11.7. The van der Waals surface area contributed by atoms with E-state index in [0.29, 0.717) is 21.5 Å². The molecule has 0 atom stereocenters. The summed E-state index contributed by atoms with van der Waals surface area (Å²) in [5.74, 6) is 0.609. The van der Waals surface area contributed by atoms with Crippen molar-refractivity contribution < 1.29 is 9.53 Å². The first-order valence-corrected chi connectivity index (χ1v) is 8.01. The molecule has 0 saturated carbocycles. The number of hydrogen-bond donors (Lipinski definition) is 2. The first-order chi connectivity index (χ1) is 11.4. The van der Waals surface area contributed by atoms with E-state index in [4.69, 9.17) is 27.9 Å². The fraction of sp³-hybridized carbons (Fsp3) is 0.176. The Labute approximate surface area is 150 Å². The summed E-state index contributed by atoms with van der Waals surface area (Å²) >= 11 is 11.9. The molecule has 0 aliphatic carbocycles. The molecule has 7 heteroatoms. The van der Waals surface area contributed by atoms with Crippen molar-refractivity contribution in [3.05, 3.63) is 58.1 Å². The van der Waals surface area contributed by atoms with E-state index in [-0.39, 0.29) is 6.10 Å². The molecule has 0 aromatic heterocycles. The maximum atomic E-state index is 11.7. The highest BCUT2D eigenvalue weighted by Crippen LogP contribution is 2.25. The molecule has 0 aliphatic heterocycles. The van der Waals surface area contributed by atoms with E-state index in [9.17, 15) is 4.79 Å². The smallest absolute Gasteiger partial charge is 0.339 e. The van der Waals surface area contributed by atoms with Crippen LogP contribution in [-0.2, 0) is 0 Å². The second-order valence-corrected chi connectivity index (χ2v) is 6.03. The molecule has 2 rings (SSSR count). The van der Waals surface area contributed by atoms with Gasteiger partial charge < -0.3 is 10.1 Å². The molecular formula is C17H17Cl2N3O2. The zero-order chi connectivity index (χ0) is 17.5. The number of benzene rings is 2. The predicted molar refractivity (Wildman–Crippen MR) is 98.4 cm³/mol. The van der Waals surface area contributed by atoms with Crippen LogP contribution in [0.2, 0.25) is 10.0 Å². The van der Waals surface area contributed by atoms with Gasteiger partial charge >= 0.3 is 6.03 Å². The number of carbonyl (C=O) groups is 1. The van der Waals surface area contributed by atoms with Crippen LogP contribution in [-0.4, -0.2) is 18.3 Å². The lowest BCUT2D eigenvalue weighted by molar-refractivity contribution is 0.242. The quantitative estimate of drug-likeness (QED) is 0.582. The number of rotatable bonds is 5. The van der Waals surface area contributed by atoms with Crippen molar-refractivity contribution >= 4 is 41.1 Å². The Kier molecular flexibility index (Phi) is 6.46. The first-order valence-electron chi connectivity index (χ1n) is 7.26. The van der Waals surface area contributed by atoms with Crippen molar-refractivity contribution in [3.63, 3.8) is 0 Å². The molecular weight excluding hydrogens is 349 g/mol. The summed E-state index contributed by atoms with van der Waals surface area (Å²) in [4.78, 5) is 11.7. The second-order valence-electron chi connectivity index (χ2n) is 5.19. The number of amides is 2. The van der Waals surface area contributed by atoms with Gasteiger partial charge in [0, 0.05) is 10.7 Å². The Bertz CT molecular complexity index is 731. The lowest BCUT2D eigenvalue weighted by Gasteiger charge is -2.11. The highest BCUT2D eigenvalue weighted by Gasteiger charge is 2.04. The van der Waals surface area contributed by atoms with Crippen LogP contribution in [0.1, 0.15) is 19.4 Å². The van der Waals surface area contributed by atoms with Crippen LogP contribution >= 0.6 is 23.2 Å². The molecule has 2 aromatic carbocycles. The fourth-order valence-corrected chi connectivity index (χ4v) is 2.16. The largest absolute Gasteiger partial charge is 0.489 e. The Morgan fingerprint density at radius 2 is 1.88 bits per heavy atom. The van der Waals surface area contributed by atoms with Crippen LogP contribution in [0, 0.1) is 0 Å². The second kappa shape index (κ2) is 8.57. The Morgan fingerprint density at radius 3 is 2.50 bits per heavy atom. The van der Waals surface area contributed by atoms with E-state index in [1.165, 1.54) is 6.21 Å². The van der Waals surface area contributed by atoms with Crippen molar-refractivity contribution in [1.29, 1.82) is 0 Å². The van der Waals surface area contributed by atoms with Gasteiger partial charge in [0.25, 0.3) is 0 Å². The summed E-state index contributed by atoms with van der Waals surface area (Å²) in [6, 6.07) is 11.6. The van der Waals surface area contributed by atoms with Crippen molar-refractivity contribution in [1.82, 2.24) is 5.43 Å². The van der Waals surface area contributed by atoms with Crippen LogP contribution in [0.25, 0.3) is 0 Å². The summed E-state index contributed by atoms with van der Waals surface area (Å²) in [6.45, 7) is 3.85. The van der Waals surface area contributed by atoms with Gasteiger partial charge in [-0.2, -0.15) is 5.10 Å². The fourth-order valence-electron chi connectivity index (χ4n) is 1.80. The van der Waals surface area contributed by atoms with Gasteiger partial charge in [-0.3, -0.25) is 0 Å². The number of anilines is 1. The molecule has 0 unspecified atom stereocenters. The zero-order valence-electron chi connectivity index (χ0n) is 13.2. The normalized spacial score (nSPS) is 10.9. The molecule has 24 heavy (non-hydrogen) atoms. The van der Waals surface area contributed by atoms with Gasteiger partial charge in [-0.25, -0.2) is 10.2 Å². The minimum absolute atomic E-state index is 0.0419. The van der Waals surface area contributed by atoms with Crippen LogP contribution < -0.4 is 15.5 Å². The number of nitrogens with one attached hydrogen (secondary N) is 2. The first kappa shape index (κ1) is 18.1. The molecule has 2 N–H and O–H groups in total. The minimum atomic E-state index is -0.459. The van der Waals surface area contributed by atoms with Crippen molar-refractivity contribution in [2.45, 2.75) is 20.0 Å². The lowest BCUT2D eigenvalue weighted by Crippen LogP contribution is -2.24. The average Bonchev–Trinajstić information content (AvgIpc) is 2.52. The highest BCUT2D eigenvalue weighted by atomic mass is 35.5. The molecule has 0 spiro atoms. The summed E-state index contributed by atoms with van der Waals surface area (Å²) < 4.78 is 5.55. The number of halogens is 2. The van der Waals surface area contributed by atoms with Crippen LogP contribution in [0.4, 0.5) is 10.5 Å². The van der Waals surface area contributed by atoms with Gasteiger partial charge in [0.2, 0.25) is 0 Å². The number of carbonyl (C=O) groups excluding carboxylic acids is 1. The summed E-state index contributed by atoms with van der Waals surface area (Å²) in [5, 5.41) is 7.59. The van der Waals surface area contributed by atoms with E-state index in [0.717, 1.165) is 5.56 Å². The standard InChI is InChI=1S/C17H17Cl2N3O2/c1-11(2)24-16-8-3-12(9-15(16)19)10-20-22-17(23)21-14-6-4-13(18)5-7-14/h3-11H,1-2H3,(H2,21,22,23)/b20-10-. The van der Waals surface area contributed by atoms with Gasteiger partial charge in [0.05, 0.1) is 17.3 Å². The van der Waals surface area contributed by atoms with Crippen LogP contribution in [0.15, 0.2) is 47.6 Å².